The van der Waals surface area contributed by atoms with E-state index >= 15 is 0 Å². The molecule has 0 fully saturated rings. The van der Waals surface area contributed by atoms with Crippen LogP contribution in [-0.4, -0.2) is 18.6 Å². The fraction of sp³-hybridized carbons (Fsp3) is 0.125. The lowest BCUT2D eigenvalue weighted by Crippen LogP contribution is -2.15. The van der Waals surface area contributed by atoms with Gasteiger partial charge in [-0.3, -0.25) is 9.79 Å². The third-order valence-electron chi connectivity index (χ3n) is 3.26. The van der Waals surface area contributed by atoms with Crippen LogP contribution in [0.15, 0.2) is 47.5 Å². The highest BCUT2D eigenvalue weighted by Crippen LogP contribution is 2.30. The summed E-state index contributed by atoms with van der Waals surface area (Å²) in [5.74, 6) is 0.119. The van der Waals surface area contributed by atoms with E-state index in [1.54, 1.807) is 7.11 Å². The van der Waals surface area contributed by atoms with Crippen molar-refractivity contribution in [2.75, 3.05) is 7.11 Å². The van der Waals surface area contributed by atoms with Gasteiger partial charge in [-0.2, -0.15) is 0 Å². The van der Waals surface area contributed by atoms with E-state index in [4.69, 9.17) is 4.74 Å². The van der Waals surface area contributed by atoms with Crippen molar-refractivity contribution in [3.8, 4) is 5.75 Å². The Morgan fingerprint density at radius 3 is 2.75 bits per heavy atom. The fourth-order valence-electron chi connectivity index (χ4n) is 2.30. The van der Waals surface area contributed by atoms with E-state index in [0.717, 1.165) is 5.56 Å². The van der Waals surface area contributed by atoms with Crippen LogP contribution in [0.3, 0.4) is 0 Å². The van der Waals surface area contributed by atoms with Gasteiger partial charge in [0.05, 0.1) is 24.9 Å². The first-order valence-corrected chi connectivity index (χ1v) is 6.23. The summed E-state index contributed by atoms with van der Waals surface area (Å²) in [6.45, 7) is 0. The molecule has 0 spiro atoms. The molecule has 3 nitrogen and oxygen atoms in total. The highest BCUT2D eigenvalue weighted by atomic mass is 19.1. The van der Waals surface area contributed by atoms with Crippen molar-refractivity contribution in [3.63, 3.8) is 0 Å². The molecule has 2 aromatic rings. The number of ether oxygens (including phenoxy) is 1. The summed E-state index contributed by atoms with van der Waals surface area (Å²) in [6.07, 6.45) is 0.150. The molecule has 0 atom stereocenters. The number of benzene rings is 2. The van der Waals surface area contributed by atoms with Crippen LogP contribution in [0.1, 0.15) is 22.3 Å². The molecule has 100 valence electrons. The average molecular weight is 269 g/mol. The maximum Gasteiger partial charge on any atom is 0.171 e. The van der Waals surface area contributed by atoms with E-state index in [1.165, 1.54) is 18.2 Å². The molecule has 0 unspecified atom stereocenters. The zero-order valence-electron chi connectivity index (χ0n) is 10.9. The zero-order valence-corrected chi connectivity index (χ0v) is 10.9. The number of halogens is 1. The standard InChI is InChI=1S/C16H12FNO2/c1-20-16-5-3-2-4-11(16)14-9-15(19)12-8-10(17)6-7-13(12)18-14/h2-8H,9H2,1H3. The number of Topliss-reactive ketones (excluding diaryl/α,β-unsaturated/α-hetero) is 1. The van der Waals surface area contributed by atoms with Crippen LogP contribution >= 0.6 is 0 Å². The number of carbonyl (C=O) groups is 1. The minimum absolute atomic E-state index is 0.129. The normalized spacial score (nSPS) is 13.7. The Morgan fingerprint density at radius 2 is 1.95 bits per heavy atom. The Bertz CT molecular complexity index is 722. The van der Waals surface area contributed by atoms with Crippen LogP contribution in [0.5, 0.6) is 5.75 Å². The predicted molar refractivity (Wildman–Crippen MR) is 74.5 cm³/mol. The smallest absolute Gasteiger partial charge is 0.171 e. The average Bonchev–Trinajstić information content (AvgIpc) is 2.47. The van der Waals surface area contributed by atoms with Crippen LogP contribution in [0.4, 0.5) is 10.1 Å². The van der Waals surface area contributed by atoms with Gasteiger partial charge in [0.15, 0.2) is 5.78 Å². The van der Waals surface area contributed by atoms with E-state index in [9.17, 15) is 9.18 Å². The lowest BCUT2D eigenvalue weighted by atomic mass is 9.95. The fourth-order valence-corrected chi connectivity index (χ4v) is 2.30. The maximum absolute atomic E-state index is 13.2. The van der Waals surface area contributed by atoms with Gasteiger partial charge in [-0.25, -0.2) is 4.39 Å². The second-order valence-electron chi connectivity index (χ2n) is 4.52. The molecule has 0 N–H and O–H groups in total. The van der Waals surface area contributed by atoms with Crippen molar-refractivity contribution >= 4 is 17.2 Å². The second kappa shape index (κ2) is 4.89. The molecule has 4 heteroatoms. The summed E-state index contributed by atoms with van der Waals surface area (Å²) in [5.41, 5.74) is 2.28. The molecular weight excluding hydrogens is 257 g/mol. The van der Waals surface area contributed by atoms with Gasteiger partial charge < -0.3 is 4.74 Å². The zero-order chi connectivity index (χ0) is 14.1. The number of hydrogen-bond acceptors (Lipinski definition) is 3. The van der Waals surface area contributed by atoms with Gasteiger partial charge in [-0.1, -0.05) is 12.1 Å². The quantitative estimate of drug-likeness (QED) is 0.836. The van der Waals surface area contributed by atoms with Crippen LogP contribution < -0.4 is 4.74 Å². The molecule has 0 bridgehead atoms. The minimum atomic E-state index is -0.423. The first-order valence-electron chi connectivity index (χ1n) is 6.23. The highest BCUT2D eigenvalue weighted by molar-refractivity contribution is 6.21. The number of nitrogens with zero attached hydrogens (tertiary/aromatic N) is 1. The molecular formula is C16H12FNO2. The van der Waals surface area contributed by atoms with Crippen molar-refractivity contribution in [3.05, 3.63) is 59.4 Å². The van der Waals surface area contributed by atoms with Crippen LogP contribution in [0.25, 0.3) is 0 Å². The summed E-state index contributed by atoms with van der Waals surface area (Å²) in [5, 5.41) is 0. The maximum atomic E-state index is 13.2. The Kier molecular flexibility index (Phi) is 3.06. The van der Waals surface area contributed by atoms with E-state index in [2.05, 4.69) is 4.99 Å². The largest absolute Gasteiger partial charge is 0.496 e. The molecule has 20 heavy (non-hydrogen) atoms. The van der Waals surface area contributed by atoms with Gasteiger partial charge in [-0.15, -0.1) is 0 Å². The number of aliphatic imine (C=N–C) groups is 1. The van der Waals surface area contributed by atoms with E-state index in [-0.39, 0.29) is 12.2 Å². The number of para-hydroxylation sites is 1. The minimum Gasteiger partial charge on any atom is -0.496 e. The Morgan fingerprint density at radius 1 is 1.15 bits per heavy atom. The van der Waals surface area contributed by atoms with E-state index < -0.39 is 5.82 Å². The number of carbonyl (C=O) groups excluding carboxylic acids is 1. The summed E-state index contributed by atoms with van der Waals surface area (Å²) < 4.78 is 18.5. The molecule has 3 rings (SSSR count). The van der Waals surface area contributed by atoms with Crippen molar-refractivity contribution in [1.29, 1.82) is 0 Å². The lowest BCUT2D eigenvalue weighted by Gasteiger charge is -2.16. The van der Waals surface area contributed by atoms with Crippen LogP contribution in [0, 0.1) is 5.82 Å². The van der Waals surface area contributed by atoms with Crippen LogP contribution in [0.2, 0.25) is 0 Å². The van der Waals surface area contributed by atoms with Gasteiger partial charge in [-0.05, 0) is 30.3 Å². The molecule has 1 aliphatic rings. The third kappa shape index (κ3) is 2.09. The summed E-state index contributed by atoms with van der Waals surface area (Å²) >= 11 is 0. The highest BCUT2D eigenvalue weighted by Gasteiger charge is 2.23. The number of methoxy groups -OCH3 is 1. The van der Waals surface area contributed by atoms with E-state index in [0.29, 0.717) is 22.7 Å². The van der Waals surface area contributed by atoms with Crippen molar-refractivity contribution in [1.82, 2.24) is 0 Å². The SMILES string of the molecule is COc1ccccc1C1=Nc2ccc(F)cc2C(=O)C1. The summed E-state index contributed by atoms with van der Waals surface area (Å²) in [4.78, 5) is 16.6. The molecule has 0 radical (unpaired) electrons. The van der Waals surface area contributed by atoms with Gasteiger partial charge in [0.1, 0.15) is 11.6 Å². The molecule has 1 heterocycles. The third-order valence-corrected chi connectivity index (χ3v) is 3.26. The topological polar surface area (TPSA) is 38.7 Å². The van der Waals surface area contributed by atoms with Crippen molar-refractivity contribution < 1.29 is 13.9 Å². The molecule has 0 aliphatic carbocycles. The lowest BCUT2D eigenvalue weighted by molar-refractivity contribution is 0.0999. The molecule has 0 saturated heterocycles. The Labute approximate surface area is 115 Å². The second-order valence-corrected chi connectivity index (χ2v) is 4.52. The van der Waals surface area contributed by atoms with Gasteiger partial charge in [0.2, 0.25) is 0 Å². The molecule has 0 aromatic heterocycles. The van der Waals surface area contributed by atoms with Crippen LogP contribution in [-0.2, 0) is 0 Å². The molecule has 2 aromatic carbocycles. The Hall–Kier alpha value is -2.49. The van der Waals surface area contributed by atoms with Gasteiger partial charge >= 0.3 is 0 Å². The number of fused-ring (bicyclic) bond motifs is 1. The number of rotatable bonds is 2. The molecule has 0 saturated carbocycles. The Balaban J connectivity index is 2.13. The first-order chi connectivity index (χ1) is 9.69. The molecule has 1 aliphatic heterocycles. The summed E-state index contributed by atoms with van der Waals surface area (Å²) in [7, 11) is 1.58. The van der Waals surface area contributed by atoms with Crippen molar-refractivity contribution in [2.24, 2.45) is 4.99 Å². The van der Waals surface area contributed by atoms with Crippen molar-refractivity contribution in [2.45, 2.75) is 6.42 Å². The van der Waals surface area contributed by atoms with Gasteiger partial charge in [0, 0.05) is 11.1 Å². The number of hydrogen-bond donors (Lipinski definition) is 0. The first kappa shape index (κ1) is 12.5. The monoisotopic (exact) mass is 269 g/mol. The van der Waals surface area contributed by atoms with Gasteiger partial charge in [0.25, 0.3) is 0 Å². The number of ketones is 1. The predicted octanol–water partition coefficient (Wildman–Crippen LogP) is 3.54. The van der Waals surface area contributed by atoms with E-state index in [1.807, 2.05) is 24.3 Å². The molecule has 0 amide bonds. The summed E-state index contributed by atoms with van der Waals surface area (Å²) in [6, 6.07) is 11.5.